The van der Waals surface area contributed by atoms with Crippen molar-refractivity contribution in [1.82, 2.24) is 20.4 Å². The SMILES string of the molecule is CCCC1(c2nc(-c3cncc(Br)c3)no2)CCCN1. The van der Waals surface area contributed by atoms with Crippen molar-refractivity contribution in [3.63, 3.8) is 0 Å². The van der Waals surface area contributed by atoms with Crippen LogP contribution in [0.2, 0.25) is 0 Å². The van der Waals surface area contributed by atoms with E-state index in [0.29, 0.717) is 11.7 Å². The maximum absolute atomic E-state index is 5.53. The number of pyridine rings is 1. The molecule has 1 N–H and O–H groups in total. The average Bonchev–Trinajstić information content (AvgIpc) is 3.08. The van der Waals surface area contributed by atoms with Gasteiger partial charge in [0.2, 0.25) is 11.7 Å². The fraction of sp³-hybridized carbons (Fsp3) is 0.500. The van der Waals surface area contributed by atoms with Crippen LogP contribution in [0.25, 0.3) is 11.4 Å². The lowest BCUT2D eigenvalue weighted by Gasteiger charge is -2.24. The van der Waals surface area contributed by atoms with E-state index >= 15 is 0 Å². The summed E-state index contributed by atoms with van der Waals surface area (Å²) in [6, 6.07) is 1.94. The van der Waals surface area contributed by atoms with Crippen LogP contribution in [0.4, 0.5) is 0 Å². The molecule has 106 valence electrons. The van der Waals surface area contributed by atoms with Gasteiger partial charge in [-0.25, -0.2) is 0 Å². The molecule has 1 unspecified atom stereocenters. The van der Waals surface area contributed by atoms with Crippen molar-refractivity contribution >= 4 is 15.9 Å². The molecule has 2 aromatic heterocycles. The summed E-state index contributed by atoms with van der Waals surface area (Å²) >= 11 is 3.41. The Balaban J connectivity index is 1.93. The van der Waals surface area contributed by atoms with Gasteiger partial charge in [-0.15, -0.1) is 0 Å². The Hall–Kier alpha value is -1.27. The zero-order chi connectivity index (χ0) is 14.0. The minimum atomic E-state index is -0.139. The second-order valence-corrected chi connectivity index (χ2v) is 6.09. The monoisotopic (exact) mass is 336 g/mol. The van der Waals surface area contributed by atoms with Crippen LogP contribution in [0.3, 0.4) is 0 Å². The van der Waals surface area contributed by atoms with Crippen molar-refractivity contribution in [3.05, 3.63) is 28.8 Å². The van der Waals surface area contributed by atoms with E-state index in [9.17, 15) is 0 Å². The molecule has 20 heavy (non-hydrogen) atoms. The van der Waals surface area contributed by atoms with E-state index in [2.05, 4.69) is 43.3 Å². The van der Waals surface area contributed by atoms with E-state index in [1.165, 1.54) is 0 Å². The molecule has 1 atom stereocenters. The molecule has 3 heterocycles. The van der Waals surface area contributed by atoms with E-state index in [1.807, 2.05) is 6.07 Å². The quantitative estimate of drug-likeness (QED) is 0.928. The van der Waals surface area contributed by atoms with E-state index < -0.39 is 0 Å². The lowest BCUT2D eigenvalue weighted by Crippen LogP contribution is -2.36. The molecule has 3 rings (SSSR count). The van der Waals surface area contributed by atoms with Crippen molar-refractivity contribution in [2.24, 2.45) is 0 Å². The highest BCUT2D eigenvalue weighted by Gasteiger charge is 2.39. The van der Waals surface area contributed by atoms with Crippen LogP contribution in [-0.4, -0.2) is 21.7 Å². The van der Waals surface area contributed by atoms with Crippen LogP contribution < -0.4 is 5.32 Å². The molecule has 1 saturated heterocycles. The van der Waals surface area contributed by atoms with Gasteiger partial charge >= 0.3 is 0 Å². The fourth-order valence-corrected chi connectivity index (χ4v) is 3.17. The molecule has 0 amide bonds. The molecule has 0 bridgehead atoms. The summed E-state index contributed by atoms with van der Waals surface area (Å²) in [4.78, 5) is 8.73. The summed E-state index contributed by atoms with van der Waals surface area (Å²) < 4.78 is 6.44. The first kappa shape index (κ1) is 13.7. The lowest BCUT2D eigenvalue weighted by molar-refractivity contribution is 0.241. The Kier molecular flexibility index (Phi) is 3.85. The first-order valence-electron chi connectivity index (χ1n) is 6.94. The first-order valence-corrected chi connectivity index (χ1v) is 7.73. The van der Waals surface area contributed by atoms with Gasteiger partial charge in [0.05, 0.1) is 5.54 Å². The van der Waals surface area contributed by atoms with E-state index in [-0.39, 0.29) is 5.54 Å². The summed E-state index contributed by atoms with van der Waals surface area (Å²) in [5, 5.41) is 7.65. The molecule has 0 spiro atoms. The second kappa shape index (κ2) is 5.61. The third-order valence-electron chi connectivity index (χ3n) is 3.72. The molecule has 0 aromatic carbocycles. The van der Waals surface area contributed by atoms with Gasteiger partial charge in [-0.3, -0.25) is 4.98 Å². The maximum atomic E-state index is 5.53. The van der Waals surface area contributed by atoms with Gasteiger partial charge < -0.3 is 9.84 Å². The summed E-state index contributed by atoms with van der Waals surface area (Å²) in [6.45, 7) is 3.19. The second-order valence-electron chi connectivity index (χ2n) is 5.18. The highest BCUT2D eigenvalue weighted by atomic mass is 79.9. The molecular formula is C14H17BrN4O. The van der Waals surface area contributed by atoms with Gasteiger partial charge in [0.1, 0.15) is 0 Å². The summed E-state index contributed by atoms with van der Waals surface area (Å²) in [6.07, 6.45) is 7.79. The Morgan fingerprint density at radius 1 is 1.45 bits per heavy atom. The van der Waals surface area contributed by atoms with Crippen molar-refractivity contribution < 1.29 is 4.52 Å². The third-order valence-corrected chi connectivity index (χ3v) is 4.15. The number of hydrogen-bond donors (Lipinski definition) is 1. The minimum Gasteiger partial charge on any atom is -0.337 e. The van der Waals surface area contributed by atoms with Crippen molar-refractivity contribution in [3.8, 4) is 11.4 Å². The van der Waals surface area contributed by atoms with Crippen LogP contribution in [-0.2, 0) is 5.54 Å². The Labute approximate surface area is 126 Å². The number of halogens is 1. The predicted molar refractivity (Wildman–Crippen MR) is 79.1 cm³/mol. The van der Waals surface area contributed by atoms with Crippen molar-refractivity contribution in [2.45, 2.75) is 38.1 Å². The van der Waals surface area contributed by atoms with Gasteiger partial charge in [0, 0.05) is 22.4 Å². The van der Waals surface area contributed by atoms with Gasteiger partial charge in [-0.2, -0.15) is 4.98 Å². The smallest absolute Gasteiger partial charge is 0.247 e. The fourth-order valence-electron chi connectivity index (χ4n) is 2.81. The Morgan fingerprint density at radius 2 is 2.35 bits per heavy atom. The molecule has 1 aliphatic rings. The molecule has 1 aliphatic heterocycles. The molecule has 0 saturated carbocycles. The van der Waals surface area contributed by atoms with Gasteiger partial charge in [-0.1, -0.05) is 18.5 Å². The van der Waals surface area contributed by atoms with Crippen molar-refractivity contribution in [1.29, 1.82) is 0 Å². The summed E-state index contributed by atoms with van der Waals surface area (Å²) in [5.41, 5.74) is 0.721. The van der Waals surface area contributed by atoms with E-state index in [1.54, 1.807) is 12.4 Å². The normalized spacial score (nSPS) is 22.3. The number of nitrogens with one attached hydrogen (secondary N) is 1. The number of nitrogens with zero attached hydrogens (tertiary/aromatic N) is 3. The molecule has 5 nitrogen and oxygen atoms in total. The molecule has 0 aliphatic carbocycles. The Morgan fingerprint density at radius 3 is 3.05 bits per heavy atom. The van der Waals surface area contributed by atoms with Crippen molar-refractivity contribution in [2.75, 3.05) is 6.54 Å². The average molecular weight is 337 g/mol. The summed E-state index contributed by atoms with van der Waals surface area (Å²) in [7, 11) is 0. The highest BCUT2D eigenvalue weighted by molar-refractivity contribution is 9.10. The topological polar surface area (TPSA) is 63.8 Å². The van der Waals surface area contributed by atoms with Gasteiger partial charge in [0.25, 0.3) is 0 Å². The van der Waals surface area contributed by atoms with E-state index in [0.717, 1.165) is 42.3 Å². The lowest BCUT2D eigenvalue weighted by atomic mass is 9.92. The van der Waals surface area contributed by atoms with Crippen LogP contribution in [0.5, 0.6) is 0 Å². The molecular weight excluding hydrogens is 320 g/mol. The zero-order valence-electron chi connectivity index (χ0n) is 11.4. The molecule has 1 fully saturated rings. The largest absolute Gasteiger partial charge is 0.337 e. The molecule has 0 radical (unpaired) electrons. The number of rotatable bonds is 4. The number of aromatic nitrogens is 3. The molecule has 2 aromatic rings. The van der Waals surface area contributed by atoms with Crippen LogP contribution in [0.1, 0.15) is 38.5 Å². The minimum absolute atomic E-state index is 0.139. The highest BCUT2D eigenvalue weighted by Crippen LogP contribution is 2.35. The first-order chi connectivity index (χ1) is 9.73. The molecule has 6 heteroatoms. The third kappa shape index (κ3) is 2.50. The number of hydrogen-bond acceptors (Lipinski definition) is 5. The van der Waals surface area contributed by atoms with Crippen LogP contribution in [0, 0.1) is 0 Å². The standard InChI is InChI=1S/C14H17BrN4O/c1-2-4-14(5-3-6-17-14)13-18-12(19-20-13)10-7-11(15)9-16-8-10/h7-9,17H,2-6H2,1H3. The van der Waals surface area contributed by atoms with Crippen LogP contribution >= 0.6 is 15.9 Å². The van der Waals surface area contributed by atoms with Crippen LogP contribution in [0.15, 0.2) is 27.5 Å². The zero-order valence-corrected chi connectivity index (χ0v) is 13.0. The van der Waals surface area contributed by atoms with Gasteiger partial charge in [-0.05, 0) is 47.8 Å². The maximum Gasteiger partial charge on any atom is 0.247 e. The van der Waals surface area contributed by atoms with E-state index in [4.69, 9.17) is 4.52 Å². The van der Waals surface area contributed by atoms with Gasteiger partial charge in [0.15, 0.2) is 0 Å². The Bertz CT molecular complexity index is 592. The predicted octanol–water partition coefficient (Wildman–Crippen LogP) is 3.27. The summed E-state index contributed by atoms with van der Waals surface area (Å²) in [5.74, 6) is 1.30.